The molecule has 31 heavy (non-hydrogen) atoms. The summed E-state index contributed by atoms with van der Waals surface area (Å²) < 4.78 is 22.7. The highest BCUT2D eigenvalue weighted by Crippen LogP contribution is 2.31. The average Bonchev–Trinajstić information content (AvgIpc) is 3.19. The summed E-state index contributed by atoms with van der Waals surface area (Å²) in [4.78, 5) is 19.2. The number of pyridine rings is 1. The highest BCUT2D eigenvalue weighted by Gasteiger charge is 2.32. The van der Waals surface area contributed by atoms with E-state index in [4.69, 9.17) is 4.74 Å². The molecule has 1 fully saturated rings. The van der Waals surface area contributed by atoms with Crippen molar-refractivity contribution in [3.05, 3.63) is 65.7 Å². The summed E-state index contributed by atoms with van der Waals surface area (Å²) in [7, 11) is 1.58. The third-order valence-electron chi connectivity index (χ3n) is 5.38. The van der Waals surface area contributed by atoms with Gasteiger partial charge in [-0.1, -0.05) is 6.07 Å². The normalized spacial score (nSPS) is 18.5. The molecule has 9 heteroatoms. The van der Waals surface area contributed by atoms with Crippen LogP contribution >= 0.6 is 11.5 Å². The van der Waals surface area contributed by atoms with Gasteiger partial charge in [0, 0.05) is 43.0 Å². The number of anilines is 2. The number of hydrogen-bond acceptors (Lipinski definition) is 6. The Bertz CT molecular complexity index is 1030. The van der Waals surface area contributed by atoms with Gasteiger partial charge in [-0.2, -0.15) is 4.37 Å². The lowest BCUT2D eigenvalue weighted by Gasteiger charge is -2.40. The molecule has 0 spiro atoms. The largest absolute Gasteiger partial charge is 0.481 e. The van der Waals surface area contributed by atoms with Crippen molar-refractivity contribution < 1.29 is 13.9 Å². The number of piperidine rings is 1. The van der Waals surface area contributed by atoms with Crippen LogP contribution in [0.1, 0.15) is 23.6 Å². The van der Waals surface area contributed by atoms with Crippen molar-refractivity contribution in [1.82, 2.24) is 14.7 Å². The summed E-state index contributed by atoms with van der Waals surface area (Å²) in [5.41, 5.74) is 2.83. The number of aryl methyl sites for hydroxylation is 1. The molecular weight excluding hydrogens is 417 g/mol. The van der Waals surface area contributed by atoms with Gasteiger partial charge in [0.1, 0.15) is 10.8 Å². The standard InChI is InChI=1S/C22H24FN5O2S/c1-14-11-21(31-27-14)26-22(29)25-19-9-10-28(17-6-4-16(23)5-7-17)13-18(19)15-3-8-20(30-2)24-12-15/h3-8,11-12,18-19H,9-10,13H2,1-2H3,(H2,25,26,29). The number of urea groups is 1. The lowest BCUT2D eigenvalue weighted by atomic mass is 9.86. The molecular formula is C22H24FN5O2S. The molecule has 2 atom stereocenters. The smallest absolute Gasteiger partial charge is 0.320 e. The first kappa shape index (κ1) is 21.0. The zero-order valence-corrected chi connectivity index (χ0v) is 18.2. The van der Waals surface area contributed by atoms with Gasteiger partial charge in [0.25, 0.3) is 0 Å². The summed E-state index contributed by atoms with van der Waals surface area (Å²) in [6.45, 7) is 3.30. The van der Waals surface area contributed by atoms with Gasteiger partial charge in [0.2, 0.25) is 5.88 Å². The summed E-state index contributed by atoms with van der Waals surface area (Å²) in [6.07, 6.45) is 2.53. The molecule has 2 N–H and O–H groups in total. The molecule has 1 saturated heterocycles. The number of halogens is 1. The van der Waals surface area contributed by atoms with E-state index >= 15 is 0 Å². The number of benzene rings is 1. The molecule has 0 aliphatic carbocycles. The van der Waals surface area contributed by atoms with Crippen LogP contribution in [0.15, 0.2) is 48.7 Å². The van der Waals surface area contributed by atoms with Gasteiger partial charge in [0.05, 0.1) is 12.8 Å². The lowest BCUT2D eigenvalue weighted by molar-refractivity contribution is 0.243. The molecule has 3 heterocycles. The molecule has 162 valence electrons. The van der Waals surface area contributed by atoms with Crippen molar-refractivity contribution in [1.29, 1.82) is 0 Å². The number of carbonyl (C=O) groups excluding carboxylic acids is 1. The number of amides is 2. The number of hydrogen-bond donors (Lipinski definition) is 2. The third kappa shape index (κ3) is 5.11. The molecule has 1 aliphatic rings. The third-order valence-corrected chi connectivity index (χ3v) is 6.18. The van der Waals surface area contributed by atoms with E-state index in [1.54, 1.807) is 25.4 Å². The van der Waals surface area contributed by atoms with Crippen LogP contribution in [0.4, 0.5) is 19.9 Å². The van der Waals surface area contributed by atoms with Crippen LogP contribution in [0.3, 0.4) is 0 Å². The average molecular weight is 442 g/mol. The van der Waals surface area contributed by atoms with Crippen molar-refractivity contribution in [2.75, 3.05) is 30.4 Å². The number of ether oxygens (including phenoxy) is 1. The van der Waals surface area contributed by atoms with Crippen LogP contribution in [-0.4, -0.2) is 41.6 Å². The fraction of sp³-hybridized carbons (Fsp3) is 0.318. The summed E-state index contributed by atoms with van der Waals surface area (Å²) in [5, 5.41) is 6.69. The minimum Gasteiger partial charge on any atom is -0.481 e. The maximum Gasteiger partial charge on any atom is 0.320 e. The summed E-state index contributed by atoms with van der Waals surface area (Å²) in [6, 6.07) is 11.8. The molecule has 2 unspecified atom stereocenters. The summed E-state index contributed by atoms with van der Waals surface area (Å²) in [5.74, 6) is 0.287. The van der Waals surface area contributed by atoms with E-state index in [1.807, 2.05) is 25.1 Å². The molecule has 3 aromatic rings. The zero-order valence-electron chi connectivity index (χ0n) is 17.3. The van der Waals surface area contributed by atoms with Gasteiger partial charge in [-0.15, -0.1) is 0 Å². The number of nitrogens with zero attached hydrogens (tertiary/aromatic N) is 3. The Morgan fingerprint density at radius 2 is 2.06 bits per heavy atom. The molecule has 4 rings (SSSR count). The highest BCUT2D eigenvalue weighted by atomic mass is 32.1. The molecule has 1 aromatic carbocycles. The topological polar surface area (TPSA) is 79.4 Å². The molecule has 1 aliphatic heterocycles. The van der Waals surface area contributed by atoms with Gasteiger partial charge < -0.3 is 15.0 Å². The Hall–Kier alpha value is -3.20. The van der Waals surface area contributed by atoms with Gasteiger partial charge in [-0.3, -0.25) is 5.32 Å². The summed E-state index contributed by atoms with van der Waals surface area (Å²) >= 11 is 1.26. The van der Waals surface area contributed by atoms with Crippen molar-refractivity contribution in [2.45, 2.75) is 25.3 Å². The SMILES string of the molecule is COc1ccc(C2CN(c3ccc(F)cc3)CCC2NC(=O)Nc2cc(C)ns2)cn1. The molecule has 2 amide bonds. The minimum atomic E-state index is -0.258. The van der Waals surface area contributed by atoms with E-state index in [2.05, 4.69) is 24.9 Å². The maximum atomic E-state index is 13.4. The van der Waals surface area contributed by atoms with Crippen LogP contribution in [0, 0.1) is 12.7 Å². The molecule has 0 bridgehead atoms. The second kappa shape index (κ2) is 9.30. The van der Waals surface area contributed by atoms with Crippen molar-refractivity contribution in [3.8, 4) is 5.88 Å². The van der Waals surface area contributed by atoms with Crippen molar-refractivity contribution >= 4 is 28.3 Å². The molecule has 0 saturated carbocycles. The monoisotopic (exact) mass is 441 g/mol. The number of rotatable bonds is 5. The molecule has 2 aromatic heterocycles. The first-order valence-electron chi connectivity index (χ1n) is 10.0. The minimum absolute atomic E-state index is 0.00570. The van der Waals surface area contributed by atoms with Crippen LogP contribution in [0.2, 0.25) is 0 Å². The first-order chi connectivity index (χ1) is 15.0. The Morgan fingerprint density at radius 1 is 1.26 bits per heavy atom. The zero-order chi connectivity index (χ0) is 21.8. The Kier molecular flexibility index (Phi) is 6.31. The Balaban J connectivity index is 1.52. The maximum absolute atomic E-state index is 13.4. The van der Waals surface area contributed by atoms with E-state index in [-0.39, 0.29) is 23.8 Å². The van der Waals surface area contributed by atoms with Gasteiger partial charge in [-0.25, -0.2) is 14.2 Å². The predicted molar refractivity (Wildman–Crippen MR) is 120 cm³/mol. The quantitative estimate of drug-likeness (QED) is 0.621. The van der Waals surface area contributed by atoms with Crippen molar-refractivity contribution in [3.63, 3.8) is 0 Å². The number of nitrogens with one attached hydrogen (secondary N) is 2. The molecule has 7 nitrogen and oxygen atoms in total. The van der Waals surface area contributed by atoms with E-state index in [9.17, 15) is 9.18 Å². The van der Waals surface area contributed by atoms with Crippen LogP contribution in [0.25, 0.3) is 0 Å². The Morgan fingerprint density at radius 3 is 2.71 bits per heavy atom. The van der Waals surface area contributed by atoms with Crippen molar-refractivity contribution in [2.24, 2.45) is 0 Å². The fourth-order valence-electron chi connectivity index (χ4n) is 3.82. The second-order valence-corrected chi connectivity index (χ2v) is 8.29. The number of methoxy groups -OCH3 is 1. The van der Waals surface area contributed by atoms with E-state index in [1.165, 1.54) is 23.7 Å². The fourth-order valence-corrected chi connectivity index (χ4v) is 4.48. The Labute approximate surface area is 184 Å². The first-order valence-corrected chi connectivity index (χ1v) is 10.8. The van der Waals surface area contributed by atoms with Gasteiger partial charge in [0.15, 0.2) is 0 Å². The van der Waals surface area contributed by atoms with Crippen LogP contribution < -0.4 is 20.3 Å². The number of aromatic nitrogens is 2. The molecule has 0 radical (unpaired) electrons. The van der Waals surface area contributed by atoms with E-state index < -0.39 is 0 Å². The van der Waals surface area contributed by atoms with E-state index in [0.717, 1.165) is 29.9 Å². The van der Waals surface area contributed by atoms with Crippen LogP contribution in [-0.2, 0) is 0 Å². The lowest BCUT2D eigenvalue weighted by Crippen LogP contribution is -2.50. The second-order valence-electron chi connectivity index (χ2n) is 7.49. The van der Waals surface area contributed by atoms with Gasteiger partial charge in [-0.05, 0) is 60.8 Å². The number of carbonyl (C=O) groups is 1. The highest BCUT2D eigenvalue weighted by molar-refractivity contribution is 7.10. The van der Waals surface area contributed by atoms with E-state index in [0.29, 0.717) is 17.4 Å². The van der Waals surface area contributed by atoms with Gasteiger partial charge >= 0.3 is 6.03 Å². The predicted octanol–water partition coefficient (Wildman–Crippen LogP) is 4.18. The van der Waals surface area contributed by atoms with Crippen LogP contribution in [0.5, 0.6) is 5.88 Å².